The highest BCUT2D eigenvalue weighted by Crippen LogP contribution is 2.32. The van der Waals surface area contributed by atoms with Gasteiger partial charge in [-0.25, -0.2) is 9.78 Å². The average molecular weight is 353 g/mol. The summed E-state index contributed by atoms with van der Waals surface area (Å²) < 4.78 is 5.51. The third-order valence-corrected chi connectivity index (χ3v) is 4.56. The van der Waals surface area contributed by atoms with Gasteiger partial charge >= 0.3 is 6.09 Å². The standard InChI is InChI=1S/C21H27N3O2/c1-16(2)13-22-20-11-10-18(14-23-20)19-9-6-12-24(19)21(25)26-15-17-7-4-3-5-8-17/h3-5,7-8,10-11,14,16,19H,6,9,12-13,15H2,1-2H3,(H,22,23)/t19-/m1/s1. The number of benzene rings is 1. The van der Waals surface area contributed by atoms with Crippen LogP contribution in [0.1, 0.15) is 43.9 Å². The highest BCUT2D eigenvalue weighted by Gasteiger charge is 2.31. The molecule has 1 aromatic heterocycles. The molecule has 1 N–H and O–H groups in total. The number of anilines is 1. The Morgan fingerprint density at radius 3 is 2.77 bits per heavy atom. The Morgan fingerprint density at radius 2 is 2.08 bits per heavy atom. The van der Waals surface area contributed by atoms with E-state index in [2.05, 4.69) is 30.2 Å². The van der Waals surface area contributed by atoms with E-state index in [1.54, 1.807) is 0 Å². The van der Waals surface area contributed by atoms with Gasteiger partial charge in [-0.3, -0.25) is 0 Å². The van der Waals surface area contributed by atoms with Crippen LogP contribution in [0, 0.1) is 5.92 Å². The molecule has 1 aliphatic rings. The van der Waals surface area contributed by atoms with Gasteiger partial charge in [0.2, 0.25) is 0 Å². The second-order valence-corrected chi connectivity index (χ2v) is 7.14. The third-order valence-electron chi connectivity index (χ3n) is 4.56. The molecule has 1 aromatic carbocycles. The Morgan fingerprint density at radius 1 is 1.27 bits per heavy atom. The van der Waals surface area contributed by atoms with Gasteiger partial charge in [-0.2, -0.15) is 0 Å². The first-order valence-corrected chi connectivity index (χ1v) is 9.30. The fourth-order valence-electron chi connectivity index (χ4n) is 3.15. The van der Waals surface area contributed by atoms with E-state index in [0.717, 1.165) is 42.9 Å². The molecule has 0 aliphatic carbocycles. The van der Waals surface area contributed by atoms with E-state index in [4.69, 9.17) is 4.74 Å². The molecule has 0 saturated carbocycles. The monoisotopic (exact) mass is 353 g/mol. The zero-order valence-electron chi connectivity index (χ0n) is 15.5. The van der Waals surface area contributed by atoms with Crippen LogP contribution < -0.4 is 5.32 Å². The highest BCUT2D eigenvalue weighted by atomic mass is 16.6. The molecule has 0 bridgehead atoms. The number of nitrogens with one attached hydrogen (secondary N) is 1. The molecule has 2 aromatic rings. The van der Waals surface area contributed by atoms with Gasteiger partial charge in [0.15, 0.2) is 0 Å². The first-order valence-electron chi connectivity index (χ1n) is 9.30. The minimum atomic E-state index is -0.252. The summed E-state index contributed by atoms with van der Waals surface area (Å²) in [6.07, 6.45) is 3.55. The van der Waals surface area contributed by atoms with Crippen LogP contribution in [-0.2, 0) is 11.3 Å². The number of nitrogens with zero attached hydrogens (tertiary/aromatic N) is 2. The van der Waals surface area contributed by atoms with Gasteiger partial charge in [0.25, 0.3) is 0 Å². The van der Waals surface area contributed by atoms with E-state index in [9.17, 15) is 4.79 Å². The number of carbonyl (C=O) groups is 1. The zero-order chi connectivity index (χ0) is 18.4. The summed E-state index contributed by atoms with van der Waals surface area (Å²) in [5, 5.41) is 3.32. The molecular weight excluding hydrogens is 326 g/mol. The first-order chi connectivity index (χ1) is 12.6. The minimum Gasteiger partial charge on any atom is -0.445 e. The van der Waals surface area contributed by atoms with Crippen molar-refractivity contribution >= 4 is 11.9 Å². The fraction of sp³-hybridized carbons (Fsp3) is 0.429. The summed E-state index contributed by atoms with van der Waals surface area (Å²) in [6.45, 7) is 6.26. The summed E-state index contributed by atoms with van der Waals surface area (Å²) in [7, 11) is 0. The summed E-state index contributed by atoms with van der Waals surface area (Å²) in [5.74, 6) is 1.44. The van der Waals surface area contributed by atoms with Crippen molar-refractivity contribution in [2.24, 2.45) is 5.92 Å². The number of hydrogen-bond acceptors (Lipinski definition) is 4. The van der Waals surface area contributed by atoms with E-state index in [1.807, 2.05) is 47.5 Å². The van der Waals surface area contributed by atoms with Crippen molar-refractivity contribution < 1.29 is 9.53 Å². The molecule has 0 radical (unpaired) electrons. The van der Waals surface area contributed by atoms with Crippen molar-refractivity contribution in [1.82, 2.24) is 9.88 Å². The number of aromatic nitrogens is 1. The summed E-state index contributed by atoms with van der Waals surface area (Å²) in [6, 6.07) is 13.9. The van der Waals surface area contributed by atoms with Gasteiger partial charge in [-0.1, -0.05) is 50.2 Å². The zero-order valence-corrected chi connectivity index (χ0v) is 15.5. The lowest BCUT2D eigenvalue weighted by Gasteiger charge is -2.24. The molecular formula is C21H27N3O2. The largest absolute Gasteiger partial charge is 0.445 e. The average Bonchev–Trinajstić information content (AvgIpc) is 3.15. The molecule has 5 nitrogen and oxygen atoms in total. The maximum absolute atomic E-state index is 12.5. The molecule has 1 fully saturated rings. The number of amides is 1. The van der Waals surface area contributed by atoms with Gasteiger partial charge in [-0.05, 0) is 36.0 Å². The Hall–Kier alpha value is -2.56. The van der Waals surface area contributed by atoms with E-state index in [-0.39, 0.29) is 12.1 Å². The summed E-state index contributed by atoms with van der Waals surface area (Å²) in [4.78, 5) is 18.8. The Bertz CT molecular complexity index is 701. The van der Waals surface area contributed by atoms with Crippen LogP contribution in [-0.4, -0.2) is 29.1 Å². The molecule has 1 saturated heterocycles. The molecule has 2 heterocycles. The molecule has 138 valence electrons. The third kappa shape index (κ3) is 4.75. The van der Waals surface area contributed by atoms with Crippen molar-refractivity contribution in [3.63, 3.8) is 0 Å². The number of carbonyl (C=O) groups excluding carboxylic acids is 1. The quantitative estimate of drug-likeness (QED) is 0.823. The second-order valence-electron chi connectivity index (χ2n) is 7.14. The van der Waals surface area contributed by atoms with Crippen molar-refractivity contribution in [3.05, 3.63) is 59.8 Å². The van der Waals surface area contributed by atoms with Crippen molar-refractivity contribution in [1.29, 1.82) is 0 Å². The van der Waals surface area contributed by atoms with Gasteiger partial charge < -0.3 is 15.0 Å². The lowest BCUT2D eigenvalue weighted by atomic mass is 10.1. The Labute approximate surface area is 155 Å². The SMILES string of the molecule is CC(C)CNc1ccc([C@H]2CCCN2C(=O)OCc2ccccc2)cn1. The number of ether oxygens (including phenoxy) is 1. The van der Waals surface area contributed by atoms with Crippen LogP contribution in [0.4, 0.5) is 10.6 Å². The second kappa shape index (κ2) is 8.70. The molecule has 3 rings (SSSR count). The van der Waals surface area contributed by atoms with Crippen LogP contribution in [0.15, 0.2) is 48.7 Å². The number of rotatable bonds is 6. The van der Waals surface area contributed by atoms with Crippen molar-refractivity contribution in [2.45, 2.75) is 39.3 Å². The van der Waals surface area contributed by atoms with Crippen LogP contribution >= 0.6 is 0 Å². The normalized spacial score (nSPS) is 16.7. The Balaban J connectivity index is 1.59. The van der Waals surface area contributed by atoms with Crippen molar-refractivity contribution in [2.75, 3.05) is 18.4 Å². The predicted molar refractivity (Wildman–Crippen MR) is 103 cm³/mol. The maximum Gasteiger partial charge on any atom is 0.410 e. The summed E-state index contributed by atoms with van der Waals surface area (Å²) >= 11 is 0. The lowest BCUT2D eigenvalue weighted by molar-refractivity contribution is 0.0920. The van der Waals surface area contributed by atoms with E-state index >= 15 is 0 Å². The van der Waals surface area contributed by atoms with Gasteiger partial charge in [0.1, 0.15) is 12.4 Å². The number of pyridine rings is 1. The fourth-order valence-corrected chi connectivity index (χ4v) is 3.15. The van der Waals surface area contributed by atoms with Crippen LogP contribution in [0.25, 0.3) is 0 Å². The molecule has 1 aliphatic heterocycles. The molecule has 1 atom stereocenters. The number of hydrogen-bond donors (Lipinski definition) is 1. The molecule has 0 unspecified atom stereocenters. The highest BCUT2D eigenvalue weighted by molar-refractivity contribution is 5.68. The molecule has 0 spiro atoms. The van der Waals surface area contributed by atoms with Gasteiger partial charge in [-0.15, -0.1) is 0 Å². The van der Waals surface area contributed by atoms with E-state index in [1.165, 1.54) is 0 Å². The molecule has 1 amide bonds. The first kappa shape index (κ1) is 18.2. The van der Waals surface area contributed by atoms with E-state index in [0.29, 0.717) is 12.5 Å². The maximum atomic E-state index is 12.5. The van der Waals surface area contributed by atoms with E-state index < -0.39 is 0 Å². The Kier molecular flexibility index (Phi) is 6.10. The van der Waals surface area contributed by atoms with Gasteiger partial charge in [0, 0.05) is 19.3 Å². The van der Waals surface area contributed by atoms with Crippen LogP contribution in [0.2, 0.25) is 0 Å². The van der Waals surface area contributed by atoms with Crippen molar-refractivity contribution in [3.8, 4) is 0 Å². The minimum absolute atomic E-state index is 0.0462. The van der Waals surface area contributed by atoms with Gasteiger partial charge in [0.05, 0.1) is 6.04 Å². The topological polar surface area (TPSA) is 54.5 Å². The van der Waals surface area contributed by atoms with Crippen LogP contribution in [0.3, 0.4) is 0 Å². The summed E-state index contributed by atoms with van der Waals surface area (Å²) in [5.41, 5.74) is 2.06. The molecule has 26 heavy (non-hydrogen) atoms. The molecule has 5 heteroatoms. The lowest BCUT2D eigenvalue weighted by Crippen LogP contribution is -2.31. The predicted octanol–water partition coefficient (Wildman–Crippen LogP) is 4.62. The van der Waals surface area contributed by atoms with Crippen LogP contribution in [0.5, 0.6) is 0 Å². The smallest absolute Gasteiger partial charge is 0.410 e. The number of likely N-dealkylation sites (tertiary alicyclic amines) is 1.